The lowest BCUT2D eigenvalue weighted by Gasteiger charge is -2.22. The standard InChI is InChI=1S/C15H24N4O/c1-3-9-19(10-4-2)15-16-8-7-13(17-15)14(20)18-11-5-6-12-18/h7-8H,3-6,9-12H2,1-2H3. The number of carbonyl (C=O) groups is 1. The van der Waals surface area contributed by atoms with E-state index in [9.17, 15) is 4.79 Å². The number of amides is 1. The van der Waals surface area contributed by atoms with E-state index in [0.717, 1.165) is 51.9 Å². The molecular formula is C15H24N4O. The van der Waals surface area contributed by atoms with E-state index in [2.05, 4.69) is 28.7 Å². The molecule has 0 radical (unpaired) electrons. The SMILES string of the molecule is CCCN(CCC)c1nccc(C(=O)N2CCCC2)n1. The lowest BCUT2D eigenvalue weighted by molar-refractivity contribution is 0.0787. The maximum atomic E-state index is 12.4. The molecule has 1 aromatic heterocycles. The van der Waals surface area contributed by atoms with Gasteiger partial charge in [0.05, 0.1) is 0 Å². The van der Waals surface area contributed by atoms with Crippen LogP contribution in [-0.2, 0) is 0 Å². The van der Waals surface area contributed by atoms with Gasteiger partial charge < -0.3 is 9.80 Å². The summed E-state index contributed by atoms with van der Waals surface area (Å²) in [5.74, 6) is 0.720. The molecular weight excluding hydrogens is 252 g/mol. The predicted octanol–water partition coefficient (Wildman–Crippen LogP) is 2.34. The van der Waals surface area contributed by atoms with Gasteiger partial charge in [0.1, 0.15) is 5.69 Å². The highest BCUT2D eigenvalue weighted by molar-refractivity contribution is 5.92. The normalized spacial score (nSPS) is 14.6. The van der Waals surface area contributed by atoms with E-state index < -0.39 is 0 Å². The van der Waals surface area contributed by atoms with Gasteiger partial charge in [-0.15, -0.1) is 0 Å². The second-order valence-electron chi connectivity index (χ2n) is 5.23. The Morgan fingerprint density at radius 3 is 2.50 bits per heavy atom. The van der Waals surface area contributed by atoms with Crippen molar-refractivity contribution in [1.82, 2.24) is 14.9 Å². The third-order valence-electron chi connectivity index (χ3n) is 3.53. The Bertz CT molecular complexity index is 437. The Labute approximate surface area is 121 Å². The molecule has 110 valence electrons. The van der Waals surface area contributed by atoms with Crippen LogP contribution in [0.4, 0.5) is 5.95 Å². The molecule has 0 spiro atoms. The molecule has 2 rings (SSSR count). The zero-order valence-electron chi connectivity index (χ0n) is 12.5. The van der Waals surface area contributed by atoms with Crippen LogP contribution in [0.5, 0.6) is 0 Å². The van der Waals surface area contributed by atoms with Gasteiger partial charge in [0.15, 0.2) is 0 Å². The van der Waals surface area contributed by atoms with Crippen molar-refractivity contribution in [2.75, 3.05) is 31.1 Å². The summed E-state index contributed by atoms with van der Waals surface area (Å²) >= 11 is 0. The molecule has 1 saturated heterocycles. The van der Waals surface area contributed by atoms with Crippen LogP contribution in [0, 0.1) is 0 Å². The summed E-state index contributed by atoms with van der Waals surface area (Å²) in [4.78, 5) is 25.2. The lowest BCUT2D eigenvalue weighted by atomic mass is 10.3. The summed E-state index contributed by atoms with van der Waals surface area (Å²) in [6, 6.07) is 1.72. The van der Waals surface area contributed by atoms with Gasteiger partial charge in [0, 0.05) is 32.4 Å². The van der Waals surface area contributed by atoms with E-state index in [1.807, 2.05) is 4.90 Å². The fraction of sp³-hybridized carbons (Fsp3) is 0.667. The average molecular weight is 276 g/mol. The molecule has 1 amide bonds. The van der Waals surface area contributed by atoms with Crippen LogP contribution in [0.2, 0.25) is 0 Å². The molecule has 5 heteroatoms. The smallest absolute Gasteiger partial charge is 0.272 e. The van der Waals surface area contributed by atoms with Crippen molar-refractivity contribution >= 4 is 11.9 Å². The van der Waals surface area contributed by atoms with Gasteiger partial charge in [-0.3, -0.25) is 4.79 Å². The van der Waals surface area contributed by atoms with Gasteiger partial charge in [0.25, 0.3) is 5.91 Å². The number of carbonyl (C=O) groups excluding carboxylic acids is 1. The van der Waals surface area contributed by atoms with Crippen molar-refractivity contribution in [3.8, 4) is 0 Å². The Morgan fingerprint density at radius 1 is 1.25 bits per heavy atom. The first kappa shape index (κ1) is 14.8. The maximum Gasteiger partial charge on any atom is 0.272 e. The molecule has 1 aliphatic heterocycles. The average Bonchev–Trinajstić information content (AvgIpc) is 3.00. The quantitative estimate of drug-likeness (QED) is 0.800. The Morgan fingerprint density at radius 2 is 1.90 bits per heavy atom. The molecule has 1 aromatic rings. The van der Waals surface area contributed by atoms with Gasteiger partial charge in [-0.1, -0.05) is 13.8 Å². The van der Waals surface area contributed by atoms with Crippen LogP contribution in [0.3, 0.4) is 0 Å². The molecule has 2 heterocycles. The number of anilines is 1. The van der Waals surface area contributed by atoms with Gasteiger partial charge in [-0.05, 0) is 31.7 Å². The largest absolute Gasteiger partial charge is 0.341 e. The minimum absolute atomic E-state index is 0.0408. The van der Waals surface area contributed by atoms with E-state index in [1.54, 1.807) is 12.3 Å². The fourth-order valence-electron chi connectivity index (χ4n) is 2.55. The molecule has 0 atom stereocenters. The first-order valence-electron chi connectivity index (χ1n) is 7.63. The van der Waals surface area contributed by atoms with Gasteiger partial charge in [-0.2, -0.15) is 0 Å². The highest BCUT2D eigenvalue weighted by Crippen LogP contribution is 2.14. The maximum absolute atomic E-state index is 12.4. The number of aromatic nitrogens is 2. The molecule has 0 bridgehead atoms. The van der Waals surface area contributed by atoms with Gasteiger partial charge >= 0.3 is 0 Å². The zero-order valence-corrected chi connectivity index (χ0v) is 12.5. The van der Waals surface area contributed by atoms with Crippen molar-refractivity contribution in [1.29, 1.82) is 0 Å². The molecule has 0 N–H and O–H groups in total. The van der Waals surface area contributed by atoms with Crippen molar-refractivity contribution in [2.24, 2.45) is 0 Å². The highest BCUT2D eigenvalue weighted by atomic mass is 16.2. The minimum Gasteiger partial charge on any atom is -0.341 e. The molecule has 1 aliphatic rings. The van der Waals surface area contributed by atoms with Crippen molar-refractivity contribution < 1.29 is 4.79 Å². The van der Waals surface area contributed by atoms with Crippen molar-refractivity contribution in [2.45, 2.75) is 39.5 Å². The second kappa shape index (κ2) is 7.22. The van der Waals surface area contributed by atoms with E-state index in [0.29, 0.717) is 11.6 Å². The lowest BCUT2D eigenvalue weighted by Crippen LogP contribution is -2.31. The predicted molar refractivity (Wildman–Crippen MR) is 80.0 cm³/mol. The van der Waals surface area contributed by atoms with E-state index in [-0.39, 0.29) is 5.91 Å². The summed E-state index contributed by atoms with van der Waals surface area (Å²) in [7, 11) is 0. The van der Waals surface area contributed by atoms with Crippen molar-refractivity contribution in [3.05, 3.63) is 18.0 Å². The Kier molecular flexibility index (Phi) is 5.32. The van der Waals surface area contributed by atoms with Crippen LogP contribution in [0.1, 0.15) is 50.0 Å². The molecule has 1 fully saturated rings. The molecule has 0 aliphatic carbocycles. The van der Waals surface area contributed by atoms with Gasteiger partial charge in [0.2, 0.25) is 5.95 Å². The topological polar surface area (TPSA) is 49.3 Å². The number of rotatable bonds is 6. The third kappa shape index (κ3) is 3.46. The monoisotopic (exact) mass is 276 g/mol. The summed E-state index contributed by atoms with van der Waals surface area (Å²) in [5, 5.41) is 0. The Hall–Kier alpha value is -1.65. The number of hydrogen-bond acceptors (Lipinski definition) is 4. The summed E-state index contributed by atoms with van der Waals surface area (Å²) in [6.45, 7) is 7.84. The number of nitrogens with zero attached hydrogens (tertiary/aromatic N) is 4. The van der Waals surface area contributed by atoms with Crippen LogP contribution in [-0.4, -0.2) is 47.0 Å². The molecule has 5 nitrogen and oxygen atoms in total. The molecule has 0 aromatic carbocycles. The van der Waals surface area contributed by atoms with Crippen molar-refractivity contribution in [3.63, 3.8) is 0 Å². The van der Waals surface area contributed by atoms with E-state index in [1.165, 1.54) is 0 Å². The molecule has 0 saturated carbocycles. The second-order valence-corrected chi connectivity index (χ2v) is 5.23. The van der Waals surface area contributed by atoms with Gasteiger partial charge in [-0.25, -0.2) is 9.97 Å². The summed E-state index contributed by atoms with van der Waals surface area (Å²) < 4.78 is 0. The fourth-order valence-corrected chi connectivity index (χ4v) is 2.55. The summed E-state index contributed by atoms with van der Waals surface area (Å²) in [5.41, 5.74) is 0.522. The Balaban J connectivity index is 2.15. The first-order valence-corrected chi connectivity index (χ1v) is 7.63. The van der Waals surface area contributed by atoms with Crippen LogP contribution < -0.4 is 4.90 Å². The third-order valence-corrected chi connectivity index (χ3v) is 3.53. The zero-order chi connectivity index (χ0) is 14.4. The molecule has 0 unspecified atom stereocenters. The number of likely N-dealkylation sites (tertiary alicyclic amines) is 1. The summed E-state index contributed by atoms with van der Waals surface area (Å²) in [6.07, 6.45) is 5.99. The van der Waals surface area contributed by atoms with Crippen LogP contribution in [0.25, 0.3) is 0 Å². The van der Waals surface area contributed by atoms with E-state index >= 15 is 0 Å². The number of hydrogen-bond donors (Lipinski definition) is 0. The first-order chi connectivity index (χ1) is 9.76. The van der Waals surface area contributed by atoms with E-state index in [4.69, 9.17) is 0 Å². The highest BCUT2D eigenvalue weighted by Gasteiger charge is 2.21. The van der Waals surface area contributed by atoms with Crippen LogP contribution >= 0.6 is 0 Å². The molecule has 20 heavy (non-hydrogen) atoms. The minimum atomic E-state index is 0.0408. The van der Waals surface area contributed by atoms with Crippen LogP contribution in [0.15, 0.2) is 12.3 Å².